The van der Waals surface area contributed by atoms with Crippen LogP contribution in [-0.4, -0.2) is 30.4 Å². The molecule has 0 bridgehead atoms. The summed E-state index contributed by atoms with van der Waals surface area (Å²) >= 11 is 0. The Kier molecular flexibility index (Phi) is 5.43. The summed E-state index contributed by atoms with van der Waals surface area (Å²) in [5.41, 5.74) is 4.11. The zero-order valence-corrected chi connectivity index (χ0v) is 13.5. The standard InChI is InChI=1S/C20H24N2O/c23-20(21-13-6-9-17-7-2-1-3-8-17)16-22-14-12-18-10-4-5-11-19(18)15-22/h1-5,7-8,10-11H,6,9,12-16H2,(H,21,23). The van der Waals surface area contributed by atoms with E-state index in [1.54, 1.807) is 0 Å². The van der Waals surface area contributed by atoms with Crippen LogP contribution in [0.4, 0.5) is 0 Å². The Morgan fingerprint density at radius 2 is 1.74 bits per heavy atom. The number of carbonyl (C=O) groups excluding carboxylic acids is 1. The van der Waals surface area contributed by atoms with Crippen molar-refractivity contribution in [3.8, 4) is 0 Å². The van der Waals surface area contributed by atoms with Gasteiger partial charge < -0.3 is 5.32 Å². The van der Waals surface area contributed by atoms with E-state index in [-0.39, 0.29) is 5.91 Å². The molecule has 2 aromatic carbocycles. The van der Waals surface area contributed by atoms with Gasteiger partial charge in [-0.25, -0.2) is 0 Å². The van der Waals surface area contributed by atoms with Gasteiger partial charge >= 0.3 is 0 Å². The fraction of sp³-hybridized carbons (Fsp3) is 0.350. The summed E-state index contributed by atoms with van der Waals surface area (Å²) in [4.78, 5) is 14.3. The molecule has 23 heavy (non-hydrogen) atoms. The minimum Gasteiger partial charge on any atom is -0.355 e. The molecule has 0 spiro atoms. The smallest absolute Gasteiger partial charge is 0.234 e. The third-order valence-electron chi connectivity index (χ3n) is 4.38. The van der Waals surface area contributed by atoms with Gasteiger partial charge in [0, 0.05) is 19.6 Å². The third kappa shape index (κ3) is 4.67. The first-order chi connectivity index (χ1) is 11.3. The summed E-state index contributed by atoms with van der Waals surface area (Å²) in [5, 5.41) is 3.04. The van der Waals surface area contributed by atoms with Gasteiger partial charge in [0.2, 0.25) is 5.91 Å². The maximum atomic E-state index is 12.1. The second-order valence-corrected chi connectivity index (χ2v) is 6.17. The highest BCUT2D eigenvalue weighted by Crippen LogP contribution is 2.17. The summed E-state index contributed by atoms with van der Waals surface area (Å²) in [6.45, 7) is 3.10. The number of amides is 1. The molecule has 0 saturated heterocycles. The third-order valence-corrected chi connectivity index (χ3v) is 4.38. The fourth-order valence-corrected chi connectivity index (χ4v) is 3.11. The van der Waals surface area contributed by atoms with Crippen LogP contribution in [0.3, 0.4) is 0 Å². The number of nitrogens with one attached hydrogen (secondary N) is 1. The van der Waals surface area contributed by atoms with E-state index in [0.717, 1.165) is 38.9 Å². The van der Waals surface area contributed by atoms with E-state index in [4.69, 9.17) is 0 Å². The van der Waals surface area contributed by atoms with Crippen molar-refractivity contribution in [3.05, 3.63) is 71.3 Å². The fourth-order valence-electron chi connectivity index (χ4n) is 3.11. The average molecular weight is 308 g/mol. The zero-order chi connectivity index (χ0) is 15.9. The molecule has 2 aromatic rings. The predicted octanol–water partition coefficient (Wildman–Crippen LogP) is 2.79. The van der Waals surface area contributed by atoms with Crippen LogP contribution < -0.4 is 5.32 Å². The second-order valence-electron chi connectivity index (χ2n) is 6.17. The highest BCUT2D eigenvalue weighted by atomic mass is 16.2. The van der Waals surface area contributed by atoms with E-state index in [1.807, 2.05) is 6.07 Å². The van der Waals surface area contributed by atoms with Crippen LogP contribution in [0.15, 0.2) is 54.6 Å². The van der Waals surface area contributed by atoms with E-state index in [9.17, 15) is 4.79 Å². The lowest BCUT2D eigenvalue weighted by molar-refractivity contribution is -0.122. The second kappa shape index (κ2) is 7.93. The zero-order valence-electron chi connectivity index (χ0n) is 13.5. The number of fused-ring (bicyclic) bond motifs is 1. The molecule has 0 aliphatic carbocycles. The van der Waals surface area contributed by atoms with E-state index >= 15 is 0 Å². The SMILES string of the molecule is O=C(CN1CCc2ccccc2C1)NCCCc1ccccc1. The number of nitrogens with zero attached hydrogens (tertiary/aromatic N) is 1. The van der Waals surface area contributed by atoms with Gasteiger partial charge in [-0.3, -0.25) is 9.69 Å². The molecule has 0 fully saturated rings. The van der Waals surface area contributed by atoms with Gasteiger partial charge in [-0.1, -0.05) is 54.6 Å². The van der Waals surface area contributed by atoms with E-state index < -0.39 is 0 Å². The summed E-state index contributed by atoms with van der Waals surface area (Å²) in [6.07, 6.45) is 3.04. The van der Waals surface area contributed by atoms with Crippen molar-refractivity contribution in [1.29, 1.82) is 0 Å². The van der Waals surface area contributed by atoms with Gasteiger partial charge in [0.05, 0.1) is 6.54 Å². The molecule has 1 N–H and O–H groups in total. The molecular formula is C20H24N2O. The van der Waals surface area contributed by atoms with Crippen molar-refractivity contribution in [2.45, 2.75) is 25.8 Å². The van der Waals surface area contributed by atoms with Crippen LogP contribution in [0, 0.1) is 0 Å². The lowest BCUT2D eigenvalue weighted by Crippen LogP contribution is -2.40. The minimum absolute atomic E-state index is 0.137. The predicted molar refractivity (Wildman–Crippen MR) is 93.2 cm³/mol. The molecule has 3 nitrogen and oxygen atoms in total. The number of aryl methyl sites for hydroxylation is 1. The number of rotatable bonds is 6. The molecule has 0 unspecified atom stereocenters. The molecule has 1 amide bonds. The largest absolute Gasteiger partial charge is 0.355 e. The van der Waals surface area contributed by atoms with E-state index in [2.05, 4.69) is 58.7 Å². The van der Waals surface area contributed by atoms with Crippen LogP contribution >= 0.6 is 0 Å². The van der Waals surface area contributed by atoms with E-state index in [0.29, 0.717) is 6.54 Å². The molecular weight excluding hydrogens is 284 g/mol. The van der Waals surface area contributed by atoms with Crippen LogP contribution in [0.5, 0.6) is 0 Å². The van der Waals surface area contributed by atoms with Crippen molar-refractivity contribution in [3.63, 3.8) is 0 Å². The van der Waals surface area contributed by atoms with Gasteiger partial charge in [0.15, 0.2) is 0 Å². The Bertz CT molecular complexity index is 639. The Hall–Kier alpha value is -2.13. The molecule has 1 heterocycles. The molecule has 0 aromatic heterocycles. The van der Waals surface area contributed by atoms with Crippen molar-refractivity contribution >= 4 is 5.91 Å². The van der Waals surface area contributed by atoms with Crippen LogP contribution in [-0.2, 0) is 24.2 Å². The summed E-state index contributed by atoms with van der Waals surface area (Å²) < 4.78 is 0. The van der Waals surface area contributed by atoms with Gasteiger partial charge in [-0.05, 0) is 36.0 Å². The van der Waals surface area contributed by atoms with Gasteiger partial charge in [0.1, 0.15) is 0 Å². The maximum Gasteiger partial charge on any atom is 0.234 e. The summed E-state index contributed by atoms with van der Waals surface area (Å²) in [5.74, 6) is 0.137. The first-order valence-electron chi connectivity index (χ1n) is 8.41. The van der Waals surface area contributed by atoms with Crippen molar-refractivity contribution in [1.82, 2.24) is 10.2 Å². The summed E-state index contributed by atoms with van der Waals surface area (Å²) in [7, 11) is 0. The normalized spacial score (nSPS) is 14.3. The Morgan fingerprint density at radius 1 is 1.00 bits per heavy atom. The number of hydrogen-bond donors (Lipinski definition) is 1. The molecule has 1 aliphatic heterocycles. The molecule has 120 valence electrons. The van der Waals surface area contributed by atoms with Gasteiger partial charge in [0.25, 0.3) is 0 Å². The Balaban J connectivity index is 1.37. The van der Waals surface area contributed by atoms with E-state index in [1.165, 1.54) is 16.7 Å². The quantitative estimate of drug-likeness (QED) is 0.832. The minimum atomic E-state index is 0.137. The number of hydrogen-bond acceptors (Lipinski definition) is 2. The van der Waals surface area contributed by atoms with Crippen molar-refractivity contribution in [2.75, 3.05) is 19.6 Å². The van der Waals surface area contributed by atoms with Gasteiger partial charge in [-0.15, -0.1) is 0 Å². The molecule has 0 radical (unpaired) electrons. The monoisotopic (exact) mass is 308 g/mol. The van der Waals surface area contributed by atoms with Gasteiger partial charge in [-0.2, -0.15) is 0 Å². The first kappa shape index (κ1) is 15.8. The number of benzene rings is 2. The summed E-state index contributed by atoms with van der Waals surface area (Å²) in [6, 6.07) is 18.9. The Labute approximate surface area is 138 Å². The van der Waals surface area contributed by atoms with Crippen LogP contribution in [0.1, 0.15) is 23.1 Å². The first-order valence-corrected chi connectivity index (χ1v) is 8.41. The molecule has 3 heteroatoms. The maximum absolute atomic E-state index is 12.1. The van der Waals surface area contributed by atoms with Crippen LogP contribution in [0.25, 0.3) is 0 Å². The molecule has 0 saturated carbocycles. The van der Waals surface area contributed by atoms with Crippen molar-refractivity contribution < 1.29 is 4.79 Å². The van der Waals surface area contributed by atoms with Crippen LogP contribution in [0.2, 0.25) is 0 Å². The highest BCUT2D eigenvalue weighted by molar-refractivity contribution is 5.78. The molecule has 0 atom stereocenters. The Morgan fingerprint density at radius 3 is 2.57 bits per heavy atom. The lowest BCUT2D eigenvalue weighted by atomic mass is 10.00. The van der Waals surface area contributed by atoms with Crippen molar-refractivity contribution in [2.24, 2.45) is 0 Å². The topological polar surface area (TPSA) is 32.3 Å². The molecule has 1 aliphatic rings. The average Bonchev–Trinajstić information content (AvgIpc) is 2.59. The lowest BCUT2D eigenvalue weighted by Gasteiger charge is -2.28. The highest BCUT2D eigenvalue weighted by Gasteiger charge is 2.17. The molecule has 3 rings (SSSR count). The number of carbonyl (C=O) groups is 1.